The second-order valence-corrected chi connectivity index (χ2v) is 6.33. The van der Waals surface area contributed by atoms with E-state index in [4.69, 9.17) is 5.41 Å². The van der Waals surface area contributed by atoms with Crippen LogP contribution in [0.4, 0.5) is 11.8 Å². The van der Waals surface area contributed by atoms with Crippen molar-refractivity contribution in [1.29, 1.82) is 5.41 Å². The maximum absolute atomic E-state index is 10.1. The maximum atomic E-state index is 10.1. The van der Waals surface area contributed by atoms with Crippen LogP contribution in [0.5, 0.6) is 0 Å². The summed E-state index contributed by atoms with van der Waals surface area (Å²) in [7, 11) is 0. The van der Waals surface area contributed by atoms with Crippen molar-refractivity contribution in [2.75, 3.05) is 17.2 Å². The molecule has 0 aliphatic heterocycles. The van der Waals surface area contributed by atoms with Gasteiger partial charge in [0, 0.05) is 24.4 Å². The molecule has 1 aromatic heterocycles. The smallest absolute Gasteiger partial charge is 0.225 e. The first-order valence-corrected chi connectivity index (χ1v) is 9.01. The summed E-state index contributed by atoms with van der Waals surface area (Å²) in [4.78, 5) is 8.78. The Labute approximate surface area is 164 Å². The highest BCUT2D eigenvalue weighted by Gasteiger charge is 2.05. The molecule has 0 unspecified atom stereocenters. The molecule has 1 heterocycles. The van der Waals surface area contributed by atoms with Gasteiger partial charge in [0.15, 0.2) is 0 Å². The third-order valence-corrected chi connectivity index (χ3v) is 3.99. The van der Waals surface area contributed by atoms with Crippen LogP contribution in [-0.4, -0.2) is 27.3 Å². The summed E-state index contributed by atoms with van der Waals surface area (Å²) >= 11 is 0. The Morgan fingerprint density at radius 1 is 1.00 bits per heavy atom. The average molecular weight is 373 g/mol. The largest absolute Gasteiger partial charge is 0.510 e. The second-order valence-electron chi connectivity index (χ2n) is 6.33. The van der Waals surface area contributed by atoms with E-state index < -0.39 is 0 Å². The van der Waals surface area contributed by atoms with Crippen LogP contribution in [0.15, 0.2) is 78.6 Å². The number of hydrogen-bond donors (Lipinski definition) is 4. The van der Waals surface area contributed by atoms with E-state index in [9.17, 15) is 5.11 Å². The van der Waals surface area contributed by atoms with Gasteiger partial charge in [-0.1, -0.05) is 60.7 Å². The lowest BCUT2D eigenvalue weighted by atomic mass is 10.1. The summed E-state index contributed by atoms with van der Waals surface area (Å²) in [6.45, 7) is 2.69. The molecule has 142 valence electrons. The molecule has 28 heavy (non-hydrogen) atoms. The van der Waals surface area contributed by atoms with Crippen LogP contribution < -0.4 is 10.6 Å². The van der Waals surface area contributed by atoms with Crippen LogP contribution in [-0.2, 0) is 6.54 Å². The summed E-state index contributed by atoms with van der Waals surface area (Å²) in [5.74, 6) is 1.17. The third kappa shape index (κ3) is 5.67. The van der Waals surface area contributed by atoms with Crippen molar-refractivity contribution < 1.29 is 5.11 Å². The van der Waals surface area contributed by atoms with E-state index in [1.54, 1.807) is 0 Å². The summed E-state index contributed by atoms with van der Waals surface area (Å²) in [5, 5.41) is 24.4. The van der Waals surface area contributed by atoms with E-state index in [1.807, 2.05) is 73.7 Å². The Morgan fingerprint density at radius 3 is 2.39 bits per heavy atom. The quantitative estimate of drug-likeness (QED) is 0.348. The fourth-order valence-electron chi connectivity index (χ4n) is 2.61. The van der Waals surface area contributed by atoms with Crippen molar-refractivity contribution in [3.8, 4) is 0 Å². The van der Waals surface area contributed by atoms with E-state index in [0.29, 0.717) is 18.3 Å². The van der Waals surface area contributed by atoms with Gasteiger partial charge in [-0.2, -0.15) is 4.98 Å². The molecule has 0 bridgehead atoms. The number of aliphatic hydroxyl groups excluding tert-OH is 1. The van der Waals surface area contributed by atoms with Gasteiger partial charge in [0.2, 0.25) is 5.95 Å². The average Bonchev–Trinajstić information content (AvgIpc) is 2.72. The van der Waals surface area contributed by atoms with E-state index in [1.165, 1.54) is 6.08 Å². The number of aliphatic hydroxyl groups is 1. The van der Waals surface area contributed by atoms with Crippen LogP contribution in [0.3, 0.4) is 0 Å². The number of anilines is 2. The molecule has 6 heteroatoms. The first kappa shape index (κ1) is 19.1. The number of hydrogen-bond acceptors (Lipinski definition) is 6. The van der Waals surface area contributed by atoms with Crippen LogP contribution >= 0.6 is 0 Å². The Morgan fingerprint density at radius 2 is 1.68 bits per heavy atom. The van der Waals surface area contributed by atoms with Crippen molar-refractivity contribution in [3.05, 3.63) is 95.4 Å². The van der Waals surface area contributed by atoms with E-state index >= 15 is 0 Å². The molecule has 3 aromatic rings. The molecular weight excluding hydrogens is 350 g/mol. The fourth-order valence-corrected chi connectivity index (χ4v) is 2.61. The zero-order valence-corrected chi connectivity index (χ0v) is 15.7. The predicted molar refractivity (Wildman–Crippen MR) is 113 cm³/mol. The van der Waals surface area contributed by atoms with Gasteiger partial charge in [0.1, 0.15) is 11.6 Å². The van der Waals surface area contributed by atoms with Crippen molar-refractivity contribution in [2.24, 2.45) is 0 Å². The third-order valence-electron chi connectivity index (χ3n) is 3.99. The van der Waals surface area contributed by atoms with Gasteiger partial charge in [-0.05, 0) is 18.1 Å². The normalized spacial score (nSPS) is 11.1. The van der Waals surface area contributed by atoms with Gasteiger partial charge >= 0.3 is 0 Å². The van der Waals surface area contributed by atoms with Gasteiger partial charge < -0.3 is 21.1 Å². The Balaban J connectivity index is 1.60. The molecular formula is C22H23N5O. The van der Waals surface area contributed by atoms with Crippen molar-refractivity contribution in [3.63, 3.8) is 0 Å². The molecule has 0 atom stereocenters. The minimum absolute atomic E-state index is 0.0396. The number of aromatic nitrogens is 2. The van der Waals surface area contributed by atoms with Crippen molar-refractivity contribution in [2.45, 2.75) is 13.5 Å². The lowest BCUT2D eigenvalue weighted by Crippen LogP contribution is -2.11. The predicted octanol–water partition coefficient (Wildman–Crippen LogP) is 4.32. The van der Waals surface area contributed by atoms with Crippen LogP contribution in [0.1, 0.15) is 16.8 Å². The van der Waals surface area contributed by atoms with Crippen LogP contribution in [0.2, 0.25) is 0 Å². The minimum atomic E-state index is 0.0396. The fraction of sp³-hybridized carbons (Fsp3) is 0.136. The summed E-state index contributed by atoms with van der Waals surface area (Å²) in [6, 6.07) is 21.2. The lowest BCUT2D eigenvalue weighted by Gasteiger charge is -2.10. The molecule has 0 aliphatic rings. The highest BCUT2D eigenvalue weighted by atomic mass is 16.3. The first-order valence-electron chi connectivity index (χ1n) is 9.01. The zero-order valence-electron chi connectivity index (χ0n) is 15.7. The number of nitrogens with zero attached hydrogens (tertiary/aromatic N) is 2. The molecule has 3 rings (SSSR count). The lowest BCUT2D eigenvalue weighted by molar-refractivity contribution is 0.408. The minimum Gasteiger partial charge on any atom is -0.510 e. The standard InChI is InChI=1S/C22H23N5O/c1-16-12-21(24-14-17-8-4-2-5-9-17)27-22(26-16)25-15-19(28)13-20(23)18-10-6-3-7-11-18/h2-13,23,28H,14-15H2,1H3,(H2,24,25,26,27)/b19-13-,23-20?. The van der Waals surface area contributed by atoms with Gasteiger partial charge in [0.05, 0.1) is 12.3 Å². The number of benzene rings is 2. The van der Waals surface area contributed by atoms with Gasteiger partial charge in [-0.15, -0.1) is 0 Å². The molecule has 0 saturated heterocycles. The molecule has 0 fully saturated rings. The Kier molecular flexibility index (Phi) is 6.36. The van der Waals surface area contributed by atoms with Crippen molar-refractivity contribution in [1.82, 2.24) is 9.97 Å². The molecule has 0 amide bonds. The topological polar surface area (TPSA) is 93.9 Å². The van der Waals surface area contributed by atoms with Crippen LogP contribution in [0.25, 0.3) is 0 Å². The molecule has 0 radical (unpaired) electrons. The van der Waals surface area contributed by atoms with Gasteiger partial charge in [-0.25, -0.2) is 4.98 Å². The summed E-state index contributed by atoms with van der Waals surface area (Å²) in [6.07, 6.45) is 1.42. The van der Waals surface area contributed by atoms with Crippen LogP contribution in [0, 0.1) is 12.3 Å². The highest BCUT2D eigenvalue weighted by Crippen LogP contribution is 2.12. The molecule has 2 aromatic carbocycles. The molecule has 4 N–H and O–H groups in total. The Hall–Kier alpha value is -3.67. The van der Waals surface area contributed by atoms with E-state index in [-0.39, 0.29) is 18.0 Å². The first-order chi connectivity index (χ1) is 13.6. The molecule has 6 nitrogen and oxygen atoms in total. The van der Waals surface area contributed by atoms with E-state index in [2.05, 4.69) is 20.6 Å². The highest BCUT2D eigenvalue weighted by molar-refractivity contribution is 6.06. The summed E-state index contributed by atoms with van der Waals surface area (Å²) in [5.41, 5.74) is 2.96. The van der Waals surface area contributed by atoms with Crippen molar-refractivity contribution >= 4 is 17.5 Å². The molecule has 0 aliphatic carbocycles. The zero-order chi connectivity index (χ0) is 19.8. The number of nitrogens with one attached hydrogen (secondary N) is 3. The monoisotopic (exact) mass is 373 g/mol. The molecule has 0 saturated carbocycles. The summed E-state index contributed by atoms with van der Waals surface area (Å²) < 4.78 is 0. The Bertz CT molecular complexity index is 955. The maximum Gasteiger partial charge on any atom is 0.225 e. The van der Waals surface area contributed by atoms with E-state index in [0.717, 1.165) is 16.8 Å². The number of rotatable bonds is 8. The van der Waals surface area contributed by atoms with Gasteiger partial charge in [0.25, 0.3) is 0 Å². The molecule has 0 spiro atoms. The second kappa shape index (κ2) is 9.32. The van der Waals surface area contributed by atoms with Gasteiger partial charge in [-0.3, -0.25) is 0 Å². The SMILES string of the molecule is Cc1cc(NCc2ccccc2)nc(NC/C(O)=C/C(=N)c2ccccc2)n1. The number of aryl methyl sites for hydroxylation is 1. The number of allylic oxidation sites excluding steroid dienone is 1.